The van der Waals surface area contributed by atoms with E-state index in [1.807, 2.05) is 24.3 Å². The summed E-state index contributed by atoms with van der Waals surface area (Å²) in [6.45, 7) is 2.83. The molecule has 2 aliphatic heterocycles. The molecule has 2 fully saturated rings. The highest BCUT2D eigenvalue weighted by molar-refractivity contribution is 7.89. The minimum atomic E-state index is -3.57. The standard InChI is InChI=1S/C22H27N3O3S/c26-22(23-19-10-12-20(13-11-19)24-14-4-5-15-24)18-7-6-16-25(17-18)29(27,28)21-8-2-1-3-9-21/h1-3,8-13,18H,4-7,14-17H2,(H,23,26)/t18-/m1/s1. The van der Waals surface area contributed by atoms with Crippen LogP contribution in [0.25, 0.3) is 0 Å². The van der Waals surface area contributed by atoms with Crippen molar-refractivity contribution in [3.05, 3.63) is 54.6 Å². The lowest BCUT2D eigenvalue weighted by molar-refractivity contribution is -0.120. The summed E-state index contributed by atoms with van der Waals surface area (Å²) in [5.41, 5.74) is 1.93. The maximum absolute atomic E-state index is 12.9. The number of sulfonamides is 1. The fraction of sp³-hybridized carbons (Fsp3) is 0.409. The first kappa shape index (κ1) is 19.9. The quantitative estimate of drug-likeness (QED) is 0.816. The number of anilines is 2. The van der Waals surface area contributed by atoms with Crippen LogP contribution in [-0.2, 0) is 14.8 Å². The van der Waals surface area contributed by atoms with Crippen molar-refractivity contribution in [2.45, 2.75) is 30.6 Å². The monoisotopic (exact) mass is 413 g/mol. The number of piperidine rings is 1. The predicted octanol–water partition coefficient (Wildman–Crippen LogP) is 3.33. The van der Waals surface area contributed by atoms with Crippen LogP contribution in [0.5, 0.6) is 0 Å². The van der Waals surface area contributed by atoms with E-state index in [4.69, 9.17) is 0 Å². The lowest BCUT2D eigenvalue weighted by Gasteiger charge is -2.31. The van der Waals surface area contributed by atoms with Gasteiger partial charge in [-0.25, -0.2) is 8.42 Å². The third-order valence-electron chi connectivity index (χ3n) is 5.74. The molecule has 7 heteroatoms. The number of amides is 1. The molecule has 0 saturated carbocycles. The van der Waals surface area contributed by atoms with Crippen LogP contribution in [0.15, 0.2) is 59.5 Å². The molecule has 0 aromatic heterocycles. The smallest absolute Gasteiger partial charge is 0.243 e. The van der Waals surface area contributed by atoms with Gasteiger partial charge < -0.3 is 10.2 Å². The third kappa shape index (κ3) is 4.46. The second kappa shape index (κ2) is 8.55. The van der Waals surface area contributed by atoms with Gasteiger partial charge in [-0.2, -0.15) is 4.31 Å². The normalized spacial score (nSPS) is 20.6. The van der Waals surface area contributed by atoms with E-state index < -0.39 is 10.0 Å². The number of benzene rings is 2. The number of rotatable bonds is 5. The fourth-order valence-corrected chi connectivity index (χ4v) is 5.64. The van der Waals surface area contributed by atoms with E-state index in [1.54, 1.807) is 30.3 Å². The van der Waals surface area contributed by atoms with Crippen LogP contribution < -0.4 is 10.2 Å². The summed E-state index contributed by atoms with van der Waals surface area (Å²) in [6, 6.07) is 16.3. The molecular weight excluding hydrogens is 386 g/mol. The molecule has 2 aromatic rings. The van der Waals surface area contributed by atoms with E-state index in [0.717, 1.165) is 18.8 Å². The van der Waals surface area contributed by atoms with Crippen molar-refractivity contribution in [2.75, 3.05) is 36.4 Å². The van der Waals surface area contributed by atoms with Gasteiger partial charge >= 0.3 is 0 Å². The lowest BCUT2D eigenvalue weighted by Crippen LogP contribution is -2.43. The van der Waals surface area contributed by atoms with Gasteiger partial charge in [0.25, 0.3) is 0 Å². The molecule has 0 bridgehead atoms. The van der Waals surface area contributed by atoms with Crippen molar-refractivity contribution < 1.29 is 13.2 Å². The number of carbonyl (C=O) groups is 1. The van der Waals surface area contributed by atoms with Gasteiger partial charge in [0, 0.05) is 37.6 Å². The Morgan fingerprint density at radius 1 is 0.897 bits per heavy atom. The van der Waals surface area contributed by atoms with Crippen LogP contribution in [0.1, 0.15) is 25.7 Å². The van der Waals surface area contributed by atoms with E-state index in [2.05, 4.69) is 10.2 Å². The first-order valence-electron chi connectivity index (χ1n) is 10.2. The van der Waals surface area contributed by atoms with Gasteiger partial charge in [-0.15, -0.1) is 0 Å². The Bertz CT molecular complexity index is 939. The zero-order valence-corrected chi connectivity index (χ0v) is 17.3. The fourth-order valence-electron chi connectivity index (χ4n) is 4.09. The second-order valence-electron chi connectivity index (χ2n) is 7.75. The molecule has 2 heterocycles. The van der Waals surface area contributed by atoms with Crippen LogP contribution in [0.4, 0.5) is 11.4 Å². The summed E-state index contributed by atoms with van der Waals surface area (Å²) in [5.74, 6) is -0.465. The van der Waals surface area contributed by atoms with Crippen LogP contribution >= 0.6 is 0 Å². The predicted molar refractivity (Wildman–Crippen MR) is 114 cm³/mol. The maximum Gasteiger partial charge on any atom is 0.243 e. The van der Waals surface area contributed by atoms with Gasteiger partial charge in [-0.1, -0.05) is 18.2 Å². The Kier molecular flexibility index (Phi) is 5.87. The summed E-state index contributed by atoms with van der Waals surface area (Å²) in [5, 5.41) is 2.96. The first-order valence-corrected chi connectivity index (χ1v) is 11.7. The molecule has 6 nitrogen and oxygen atoms in total. The molecule has 2 saturated heterocycles. The molecule has 2 aromatic carbocycles. The average Bonchev–Trinajstić information content (AvgIpc) is 3.30. The lowest BCUT2D eigenvalue weighted by atomic mass is 9.98. The Balaban J connectivity index is 1.40. The van der Waals surface area contributed by atoms with E-state index in [0.29, 0.717) is 19.4 Å². The summed E-state index contributed by atoms with van der Waals surface area (Å²) < 4.78 is 27.2. The van der Waals surface area contributed by atoms with Crippen LogP contribution in [0.3, 0.4) is 0 Å². The highest BCUT2D eigenvalue weighted by atomic mass is 32.2. The van der Waals surface area contributed by atoms with E-state index in [9.17, 15) is 13.2 Å². The van der Waals surface area contributed by atoms with Crippen molar-refractivity contribution in [1.29, 1.82) is 0 Å². The molecule has 0 unspecified atom stereocenters. The largest absolute Gasteiger partial charge is 0.372 e. The first-order chi connectivity index (χ1) is 14.0. The summed E-state index contributed by atoms with van der Waals surface area (Å²) >= 11 is 0. The van der Waals surface area contributed by atoms with Gasteiger partial charge in [0.05, 0.1) is 10.8 Å². The molecule has 2 aliphatic rings. The van der Waals surface area contributed by atoms with Gasteiger partial charge in [0.2, 0.25) is 15.9 Å². The highest BCUT2D eigenvalue weighted by Gasteiger charge is 2.33. The van der Waals surface area contributed by atoms with Gasteiger partial charge in [-0.05, 0) is 62.1 Å². The van der Waals surface area contributed by atoms with Crippen molar-refractivity contribution in [3.63, 3.8) is 0 Å². The minimum Gasteiger partial charge on any atom is -0.372 e. The van der Waals surface area contributed by atoms with E-state index in [1.165, 1.54) is 22.8 Å². The van der Waals surface area contributed by atoms with Crippen molar-refractivity contribution in [2.24, 2.45) is 5.92 Å². The minimum absolute atomic E-state index is 0.119. The number of carbonyl (C=O) groups excluding carboxylic acids is 1. The molecular formula is C22H27N3O3S. The molecule has 0 radical (unpaired) electrons. The van der Waals surface area contributed by atoms with Gasteiger partial charge in [0.1, 0.15) is 0 Å². The molecule has 1 atom stereocenters. The van der Waals surface area contributed by atoms with Crippen molar-refractivity contribution in [3.8, 4) is 0 Å². The van der Waals surface area contributed by atoms with Crippen molar-refractivity contribution in [1.82, 2.24) is 4.31 Å². The van der Waals surface area contributed by atoms with Gasteiger partial charge in [-0.3, -0.25) is 4.79 Å². The molecule has 1 amide bonds. The second-order valence-corrected chi connectivity index (χ2v) is 9.68. The average molecular weight is 414 g/mol. The summed E-state index contributed by atoms with van der Waals surface area (Å²) in [4.78, 5) is 15.4. The SMILES string of the molecule is O=C(Nc1ccc(N2CCCC2)cc1)[C@@H]1CCCN(S(=O)(=O)c2ccccc2)C1. The number of hydrogen-bond acceptors (Lipinski definition) is 4. The highest BCUT2D eigenvalue weighted by Crippen LogP contribution is 2.26. The number of nitrogens with one attached hydrogen (secondary N) is 1. The van der Waals surface area contributed by atoms with E-state index in [-0.39, 0.29) is 23.3 Å². The molecule has 1 N–H and O–H groups in total. The van der Waals surface area contributed by atoms with Gasteiger partial charge in [0.15, 0.2) is 0 Å². The Hall–Kier alpha value is -2.38. The maximum atomic E-state index is 12.9. The number of nitrogens with zero attached hydrogens (tertiary/aromatic N) is 2. The van der Waals surface area contributed by atoms with E-state index >= 15 is 0 Å². The molecule has 154 valence electrons. The Labute approximate surface area is 172 Å². The molecule has 0 spiro atoms. The van der Waals surface area contributed by atoms with Crippen molar-refractivity contribution >= 4 is 27.3 Å². The Morgan fingerprint density at radius 3 is 2.28 bits per heavy atom. The third-order valence-corrected chi connectivity index (χ3v) is 7.62. The summed E-state index contributed by atoms with van der Waals surface area (Å²) in [7, 11) is -3.57. The molecule has 4 rings (SSSR count). The zero-order chi connectivity index (χ0) is 20.3. The number of hydrogen-bond donors (Lipinski definition) is 1. The van der Waals surface area contributed by atoms with Crippen LogP contribution in [-0.4, -0.2) is 44.8 Å². The zero-order valence-electron chi connectivity index (χ0n) is 16.5. The summed E-state index contributed by atoms with van der Waals surface area (Å²) in [6.07, 6.45) is 3.82. The topological polar surface area (TPSA) is 69.7 Å². The van der Waals surface area contributed by atoms with Crippen LogP contribution in [0, 0.1) is 5.92 Å². The molecule has 29 heavy (non-hydrogen) atoms. The Morgan fingerprint density at radius 2 is 1.59 bits per heavy atom. The van der Waals surface area contributed by atoms with Crippen LogP contribution in [0.2, 0.25) is 0 Å². The molecule has 0 aliphatic carbocycles.